The highest BCUT2D eigenvalue weighted by Gasteiger charge is 2.31. The number of allylic oxidation sites excluding steroid dienone is 1. The van der Waals surface area contributed by atoms with Crippen LogP contribution in [0.4, 0.5) is 10.5 Å². The average molecular weight is 715 g/mol. The number of nitrogens with two attached hydrogens (primary N) is 1. The van der Waals surface area contributed by atoms with Crippen molar-refractivity contribution in [2.45, 2.75) is 97.6 Å². The maximum atomic E-state index is 13.5. The molecule has 12 heteroatoms. The van der Waals surface area contributed by atoms with E-state index in [0.29, 0.717) is 35.5 Å². The molecule has 1 aliphatic carbocycles. The molecule has 5 rings (SSSR count). The van der Waals surface area contributed by atoms with E-state index in [4.69, 9.17) is 21.3 Å². The monoisotopic (exact) mass is 714 g/mol. The third-order valence-electron chi connectivity index (χ3n) is 9.35. The van der Waals surface area contributed by atoms with Gasteiger partial charge in [-0.2, -0.15) is 12.6 Å². The Morgan fingerprint density at radius 1 is 1.04 bits per heavy atom. The largest absolute Gasteiger partial charge is 0.484 e. The molecular weight excluding hydrogens is 661 g/mol. The molecule has 7 N–H and O–H groups in total. The van der Waals surface area contributed by atoms with E-state index in [1.807, 2.05) is 45.0 Å². The number of rotatable bonds is 6. The minimum atomic E-state index is -0.416. The number of benzene rings is 2. The summed E-state index contributed by atoms with van der Waals surface area (Å²) in [7, 11) is 0. The number of aliphatic hydroxyl groups excluding tert-OH is 1. The van der Waals surface area contributed by atoms with Crippen molar-refractivity contribution in [2.24, 2.45) is 16.1 Å². The summed E-state index contributed by atoms with van der Waals surface area (Å²) in [5.41, 5.74) is 10.0. The van der Waals surface area contributed by atoms with Crippen molar-refractivity contribution in [3.8, 4) is 5.75 Å². The molecule has 4 atom stereocenters. The SMILES string of the molecule is CC1CCCC(C)N1C(=N)n1cc(OC2CCC(NC(=O)NC(/C=C(\N)C(C)(C)C)=Nc3cccc(CO)c3)c3ccccc32)ccc1=N.CS. The number of thiol groups is 1. The van der Waals surface area contributed by atoms with Crippen LogP contribution >= 0.6 is 12.6 Å². The third kappa shape index (κ3) is 10.0. The Labute approximate surface area is 307 Å². The van der Waals surface area contributed by atoms with Gasteiger partial charge in [0.05, 0.1) is 24.5 Å². The second kappa shape index (κ2) is 17.6. The summed E-state index contributed by atoms with van der Waals surface area (Å²) < 4.78 is 8.14. The Hall–Kier alpha value is -4.55. The number of carbonyl (C=O) groups is 1. The number of carbonyl (C=O) groups excluding carboxylic acids is 1. The number of hydrogen-bond acceptors (Lipinski definition) is 8. The van der Waals surface area contributed by atoms with Gasteiger partial charge >= 0.3 is 6.03 Å². The van der Waals surface area contributed by atoms with Crippen LogP contribution in [0.15, 0.2) is 83.6 Å². The Morgan fingerprint density at radius 2 is 1.73 bits per heavy atom. The van der Waals surface area contributed by atoms with Crippen LogP contribution in [0.5, 0.6) is 5.75 Å². The van der Waals surface area contributed by atoms with E-state index in [-0.39, 0.29) is 53.5 Å². The van der Waals surface area contributed by atoms with Crippen LogP contribution in [0, 0.1) is 16.2 Å². The maximum absolute atomic E-state index is 13.5. The van der Waals surface area contributed by atoms with Crippen LogP contribution in [0.2, 0.25) is 0 Å². The van der Waals surface area contributed by atoms with E-state index in [1.165, 1.54) is 0 Å². The van der Waals surface area contributed by atoms with Gasteiger partial charge < -0.3 is 25.8 Å². The molecule has 2 aromatic carbocycles. The molecule has 2 heterocycles. The summed E-state index contributed by atoms with van der Waals surface area (Å²) in [5, 5.41) is 33.1. The summed E-state index contributed by atoms with van der Waals surface area (Å²) in [4.78, 5) is 20.2. The molecule has 11 nitrogen and oxygen atoms in total. The van der Waals surface area contributed by atoms with Crippen molar-refractivity contribution >= 4 is 36.1 Å². The average Bonchev–Trinajstić information content (AvgIpc) is 3.10. The van der Waals surface area contributed by atoms with Gasteiger partial charge in [0.1, 0.15) is 23.2 Å². The van der Waals surface area contributed by atoms with Crippen LogP contribution in [0.3, 0.4) is 0 Å². The predicted octanol–water partition coefficient (Wildman–Crippen LogP) is 6.92. The van der Waals surface area contributed by atoms with Crippen molar-refractivity contribution in [2.75, 3.05) is 6.26 Å². The fourth-order valence-corrected chi connectivity index (χ4v) is 6.51. The first kappa shape index (κ1) is 39.2. The summed E-state index contributed by atoms with van der Waals surface area (Å²) in [6.07, 6.45) is 9.31. The zero-order valence-corrected chi connectivity index (χ0v) is 31.5. The van der Waals surface area contributed by atoms with Gasteiger partial charge in [-0.15, -0.1) is 0 Å². The number of aromatic nitrogens is 1. The predicted molar refractivity (Wildman–Crippen MR) is 208 cm³/mol. The molecule has 4 unspecified atom stereocenters. The Kier molecular flexibility index (Phi) is 13.5. The summed E-state index contributed by atoms with van der Waals surface area (Å²) in [5.74, 6) is 1.16. The Morgan fingerprint density at radius 3 is 2.39 bits per heavy atom. The van der Waals surface area contributed by atoms with Crippen molar-refractivity contribution in [1.29, 1.82) is 10.8 Å². The number of likely N-dealkylation sites (tertiary alicyclic amines) is 1. The number of fused-ring (bicyclic) bond motifs is 1. The highest BCUT2D eigenvalue weighted by atomic mass is 32.1. The molecule has 0 saturated carbocycles. The van der Waals surface area contributed by atoms with Gasteiger partial charge in [0.2, 0.25) is 5.96 Å². The lowest BCUT2D eigenvalue weighted by Crippen LogP contribution is -2.51. The van der Waals surface area contributed by atoms with E-state index in [1.54, 1.807) is 59.5 Å². The molecule has 1 aromatic heterocycles. The second-order valence-electron chi connectivity index (χ2n) is 14.1. The molecule has 3 aromatic rings. The number of amidine groups is 1. The van der Waals surface area contributed by atoms with E-state index in [2.05, 4.69) is 47.0 Å². The molecule has 51 heavy (non-hydrogen) atoms. The van der Waals surface area contributed by atoms with Gasteiger partial charge in [-0.3, -0.25) is 20.7 Å². The van der Waals surface area contributed by atoms with Crippen molar-refractivity contribution in [3.63, 3.8) is 0 Å². The molecule has 0 bridgehead atoms. The van der Waals surface area contributed by atoms with E-state index < -0.39 is 6.03 Å². The zero-order chi connectivity index (χ0) is 37.3. The lowest BCUT2D eigenvalue weighted by molar-refractivity contribution is 0.169. The van der Waals surface area contributed by atoms with E-state index >= 15 is 0 Å². The number of urea groups is 1. The summed E-state index contributed by atoms with van der Waals surface area (Å²) in [6.45, 7) is 10.1. The van der Waals surface area contributed by atoms with Crippen molar-refractivity contribution in [1.82, 2.24) is 20.1 Å². The van der Waals surface area contributed by atoms with Gasteiger partial charge in [0.15, 0.2) is 0 Å². The number of nitrogens with zero attached hydrogens (tertiary/aromatic N) is 3. The zero-order valence-electron chi connectivity index (χ0n) is 30.6. The first-order valence-corrected chi connectivity index (χ1v) is 18.4. The number of piperidine rings is 1. The highest BCUT2D eigenvalue weighted by molar-refractivity contribution is 7.79. The van der Waals surface area contributed by atoms with Gasteiger partial charge in [0, 0.05) is 29.3 Å². The molecule has 274 valence electrons. The van der Waals surface area contributed by atoms with Gasteiger partial charge in [-0.05, 0) is 93.2 Å². The Balaban J connectivity index is 0.00000286. The van der Waals surface area contributed by atoms with Crippen LogP contribution in [0.25, 0.3) is 0 Å². The van der Waals surface area contributed by atoms with Gasteiger partial charge in [-0.1, -0.05) is 57.2 Å². The number of amides is 2. The molecule has 1 aliphatic heterocycles. The molecule has 1 fully saturated rings. The molecule has 2 amide bonds. The molecule has 0 radical (unpaired) electrons. The first-order chi connectivity index (χ1) is 24.3. The Bertz CT molecular complexity index is 1790. The highest BCUT2D eigenvalue weighted by Crippen LogP contribution is 2.38. The summed E-state index contributed by atoms with van der Waals surface area (Å²) >= 11 is 3.53. The number of hydrogen-bond donors (Lipinski definition) is 7. The van der Waals surface area contributed by atoms with Crippen molar-refractivity contribution in [3.05, 3.63) is 101 Å². The molecule has 1 saturated heterocycles. The summed E-state index contributed by atoms with van der Waals surface area (Å²) in [6, 6.07) is 18.3. The number of pyridine rings is 1. The lowest BCUT2D eigenvalue weighted by atomic mass is 9.85. The molecule has 2 aliphatic rings. The normalized spacial score (nSPS) is 20.7. The molecular formula is C39H54N8O3S. The quantitative estimate of drug-likeness (QED) is 0.0835. The fraction of sp³-hybridized carbons (Fsp3) is 0.436. The van der Waals surface area contributed by atoms with Crippen LogP contribution in [-0.4, -0.2) is 50.7 Å². The van der Waals surface area contributed by atoms with E-state index in [0.717, 1.165) is 30.4 Å². The first-order valence-electron chi connectivity index (χ1n) is 17.5. The lowest BCUT2D eigenvalue weighted by Gasteiger charge is -2.41. The number of ether oxygens (including phenoxy) is 1. The smallest absolute Gasteiger partial charge is 0.320 e. The molecule has 0 spiro atoms. The minimum absolute atomic E-state index is 0.116. The number of aliphatic hydroxyl groups is 1. The standard InChI is InChI=1S/C38H50N8O3.CH4S/c1-24-10-8-11-25(2)46(24)36(41)45-22-28(16-19-34(45)40)49-32-18-17-31(29-14-6-7-15-30(29)32)43-37(48)44-35(21-33(39)38(3,4)5)42-27-13-9-12-26(20-27)23-47;1-2/h6-7,9,12-16,19-22,24-25,31-32,40-41,47H,8,10-11,17-18,23,39H2,1-5H3,(H2,42,43,44,48);2H,1H3/b33-21-,40-34?,41-36?;. The van der Waals surface area contributed by atoms with Crippen molar-refractivity contribution < 1.29 is 14.6 Å². The van der Waals surface area contributed by atoms with Crippen LogP contribution in [-0.2, 0) is 6.61 Å². The van der Waals surface area contributed by atoms with Gasteiger partial charge in [0.25, 0.3) is 0 Å². The topological polar surface area (TPSA) is 165 Å². The minimum Gasteiger partial charge on any atom is -0.484 e. The van der Waals surface area contributed by atoms with Crippen LogP contribution in [0.1, 0.15) is 95.6 Å². The number of aliphatic imine (C=N–C) groups is 1. The fourth-order valence-electron chi connectivity index (χ4n) is 6.51. The number of nitrogens with one attached hydrogen (secondary N) is 4. The van der Waals surface area contributed by atoms with Gasteiger partial charge in [-0.25, -0.2) is 9.79 Å². The maximum Gasteiger partial charge on any atom is 0.320 e. The second-order valence-corrected chi connectivity index (χ2v) is 14.1. The third-order valence-corrected chi connectivity index (χ3v) is 9.35. The van der Waals surface area contributed by atoms with E-state index in [9.17, 15) is 9.90 Å². The van der Waals surface area contributed by atoms with Crippen LogP contribution < -0.4 is 26.6 Å².